The van der Waals surface area contributed by atoms with Gasteiger partial charge in [0.05, 0.1) is 9.85 Å². The van der Waals surface area contributed by atoms with Gasteiger partial charge in [-0.25, -0.2) is 4.79 Å². The summed E-state index contributed by atoms with van der Waals surface area (Å²) in [6.45, 7) is 0. The van der Waals surface area contributed by atoms with Gasteiger partial charge in [-0.05, 0) is 47.5 Å². The van der Waals surface area contributed by atoms with Gasteiger partial charge >= 0.3 is 6.16 Å². The zero-order valence-electron chi connectivity index (χ0n) is 18.1. The Morgan fingerprint density at radius 1 is 0.639 bits per heavy atom. The first-order valence-corrected chi connectivity index (χ1v) is 11.0. The van der Waals surface area contributed by atoms with Crippen molar-refractivity contribution in [2.45, 2.75) is 0 Å². The lowest BCUT2D eigenvalue weighted by Gasteiger charge is -2.13. The fraction of sp³-hybridized carbons (Fsp3) is 0. The van der Waals surface area contributed by atoms with E-state index in [-0.39, 0.29) is 34.0 Å². The Bertz CT molecular complexity index is 1400. The summed E-state index contributed by atoms with van der Waals surface area (Å²) in [5.74, 6) is -0.0295. The first-order valence-electron chi connectivity index (χ1n) is 10.2. The second-order valence-electron chi connectivity index (χ2n) is 7.35. The molecule has 0 unspecified atom stereocenters. The number of hydrogen-bond acceptors (Lipinski definition) is 7. The van der Waals surface area contributed by atoms with Gasteiger partial charge in [-0.15, -0.1) is 0 Å². The van der Waals surface area contributed by atoms with E-state index in [9.17, 15) is 25.0 Å². The number of benzene rings is 4. The van der Waals surface area contributed by atoms with Gasteiger partial charge in [-0.2, -0.15) is 0 Å². The minimum Gasteiger partial charge on any atom is -0.394 e. The summed E-state index contributed by atoms with van der Waals surface area (Å²) in [6, 6.07) is 20.4. The number of carbonyl (C=O) groups is 1. The molecular weight excluding hydrogens is 511 g/mol. The van der Waals surface area contributed by atoms with Gasteiger partial charge in [-0.1, -0.05) is 47.5 Å². The number of nitro benzene ring substituents is 2. The number of rotatable bonds is 6. The Hall–Kier alpha value is -4.47. The maximum absolute atomic E-state index is 12.8. The third-order valence-electron chi connectivity index (χ3n) is 5.01. The molecule has 11 heteroatoms. The first kappa shape index (κ1) is 24.6. The van der Waals surface area contributed by atoms with E-state index >= 15 is 0 Å². The molecule has 0 fully saturated rings. The Morgan fingerprint density at radius 3 is 1.42 bits per heavy atom. The van der Waals surface area contributed by atoms with Crippen LogP contribution in [0.3, 0.4) is 0 Å². The fourth-order valence-corrected chi connectivity index (χ4v) is 3.79. The van der Waals surface area contributed by atoms with Gasteiger partial charge in [-0.3, -0.25) is 20.2 Å². The van der Waals surface area contributed by atoms with Crippen LogP contribution < -0.4 is 9.47 Å². The van der Waals surface area contributed by atoms with E-state index in [0.717, 1.165) is 0 Å². The lowest BCUT2D eigenvalue weighted by molar-refractivity contribution is -0.385. The first-order chi connectivity index (χ1) is 17.2. The van der Waals surface area contributed by atoms with Crippen LogP contribution in [0.2, 0.25) is 10.0 Å². The zero-order valence-corrected chi connectivity index (χ0v) is 19.6. The average Bonchev–Trinajstić information content (AvgIpc) is 2.84. The SMILES string of the molecule is O=C(Oc1ccc([N+](=O)[O-])cc1-c1cccc(Cl)c1)Oc1ccc([N+](=O)[O-])cc1-c1cccc(Cl)c1. The molecule has 0 aliphatic heterocycles. The topological polar surface area (TPSA) is 122 Å². The van der Waals surface area contributed by atoms with Crippen molar-refractivity contribution in [2.24, 2.45) is 0 Å². The second-order valence-corrected chi connectivity index (χ2v) is 8.22. The number of halogens is 2. The largest absolute Gasteiger partial charge is 0.519 e. The van der Waals surface area contributed by atoms with Crippen LogP contribution >= 0.6 is 23.2 Å². The van der Waals surface area contributed by atoms with E-state index < -0.39 is 16.0 Å². The van der Waals surface area contributed by atoms with Crippen molar-refractivity contribution in [1.29, 1.82) is 0 Å². The summed E-state index contributed by atoms with van der Waals surface area (Å²) in [4.78, 5) is 34.2. The Labute approximate surface area is 213 Å². The molecule has 4 aromatic rings. The minimum atomic E-state index is -1.16. The van der Waals surface area contributed by atoms with Gasteiger partial charge in [0, 0.05) is 45.4 Å². The molecule has 0 aliphatic carbocycles. The number of ether oxygens (including phenoxy) is 2. The van der Waals surface area contributed by atoms with Crippen molar-refractivity contribution in [3.8, 4) is 33.8 Å². The molecule has 0 aliphatic rings. The van der Waals surface area contributed by atoms with Gasteiger partial charge in [0.1, 0.15) is 11.5 Å². The van der Waals surface area contributed by atoms with Crippen molar-refractivity contribution in [1.82, 2.24) is 0 Å². The van der Waals surface area contributed by atoms with Crippen molar-refractivity contribution in [3.63, 3.8) is 0 Å². The lowest BCUT2D eigenvalue weighted by Crippen LogP contribution is -2.15. The van der Waals surface area contributed by atoms with Crippen LogP contribution in [0.15, 0.2) is 84.9 Å². The van der Waals surface area contributed by atoms with Gasteiger partial charge in [0.15, 0.2) is 0 Å². The van der Waals surface area contributed by atoms with E-state index in [0.29, 0.717) is 21.2 Å². The number of non-ortho nitro benzene ring substituents is 2. The zero-order chi connectivity index (χ0) is 25.8. The molecule has 0 radical (unpaired) electrons. The minimum absolute atomic E-state index is 0.0147. The predicted molar refractivity (Wildman–Crippen MR) is 134 cm³/mol. The Balaban J connectivity index is 1.69. The summed E-state index contributed by atoms with van der Waals surface area (Å²) >= 11 is 12.1. The molecular formula is C25H14Cl2N2O7. The maximum atomic E-state index is 12.8. The van der Waals surface area contributed by atoms with Crippen LogP contribution in [0.1, 0.15) is 0 Å². The lowest BCUT2D eigenvalue weighted by atomic mass is 10.0. The summed E-state index contributed by atoms with van der Waals surface area (Å²) < 4.78 is 10.8. The molecule has 0 aromatic heterocycles. The molecule has 0 atom stereocenters. The van der Waals surface area contributed by atoms with Crippen LogP contribution in [0, 0.1) is 20.2 Å². The van der Waals surface area contributed by atoms with Crippen molar-refractivity contribution >= 4 is 40.7 Å². The second kappa shape index (κ2) is 10.4. The highest BCUT2D eigenvalue weighted by atomic mass is 35.5. The van der Waals surface area contributed by atoms with Crippen molar-refractivity contribution in [2.75, 3.05) is 0 Å². The van der Waals surface area contributed by atoms with E-state index in [1.165, 1.54) is 36.4 Å². The summed E-state index contributed by atoms with van der Waals surface area (Å²) in [7, 11) is 0. The highest BCUT2D eigenvalue weighted by Crippen LogP contribution is 2.37. The van der Waals surface area contributed by atoms with Gasteiger partial charge in [0.2, 0.25) is 0 Å². The third-order valence-corrected chi connectivity index (χ3v) is 5.48. The molecule has 0 amide bonds. The molecule has 0 spiro atoms. The number of hydrogen-bond donors (Lipinski definition) is 0. The van der Waals surface area contributed by atoms with Gasteiger partial charge in [0.25, 0.3) is 11.4 Å². The van der Waals surface area contributed by atoms with Crippen LogP contribution in [0.4, 0.5) is 16.2 Å². The Morgan fingerprint density at radius 2 is 1.06 bits per heavy atom. The summed E-state index contributed by atoms with van der Waals surface area (Å²) in [5.41, 5.74) is 0.992. The highest BCUT2D eigenvalue weighted by molar-refractivity contribution is 6.31. The van der Waals surface area contributed by atoms with E-state index in [1.54, 1.807) is 48.5 Å². The molecule has 4 aromatic carbocycles. The molecule has 0 heterocycles. The monoisotopic (exact) mass is 524 g/mol. The summed E-state index contributed by atoms with van der Waals surface area (Å²) in [5, 5.41) is 23.3. The van der Waals surface area contributed by atoms with Crippen LogP contribution in [0.5, 0.6) is 11.5 Å². The maximum Gasteiger partial charge on any atom is 0.519 e. The van der Waals surface area contributed by atoms with E-state index in [1.807, 2.05) is 0 Å². The molecule has 180 valence electrons. The van der Waals surface area contributed by atoms with E-state index in [4.69, 9.17) is 32.7 Å². The molecule has 0 bridgehead atoms. The summed E-state index contributed by atoms with van der Waals surface area (Å²) in [6.07, 6.45) is -1.16. The Kier molecular flexibility index (Phi) is 7.14. The van der Waals surface area contributed by atoms with Crippen LogP contribution in [-0.4, -0.2) is 16.0 Å². The van der Waals surface area contributed by atoms with Crippen LogP contribution in [-0.2, 0) is 0 Å². The molecule has 0 saturated heterocycles. The van der Waals surface area contributed by atoms with Gasteiger partial charge < -0.3 is 9.47 Å². The predicted octanol–water partition coefficient (Wildman–Crippen LogP) is 7.72. The normalized spacial score (nSPS) is 10.5. The molecule has 0 saturated carbocycles. The standard InChI is InChI=1S/C25H14Cl2N2O7/c26-17-5-1-3-15(11-17)21-13-19(28(31)32)7-9-23(21)35-25(30)36-24-10-8-20(29(33)34)14-22(24)16-4-2-6-18(27)12-16/h1-14H. The third kappa shape index (κ3) is 5.60. The number of carbonyl (C=O) groups excluding carboxylic acids is 1. The quantitative estimate of drug-likeness (QED) is 0.109. The van der Waals surface area contributed by atoms with Crippen molar-refractivity contribution in [3.05, 3.63) is 115 Å². The molecule has 4 rings (SSSR count). The fourth-order valence-electron chi connectivity index (χ4n) is 3.40. The highest BCUT2D eigenvalue weighted by Gasteiger charge is 2.20. The van der Waals surface area contributed by atoms with E-state index in [2.05, 4.69) is 0 Å². The average molecular weight is 525 g/mol. The van der Waals surface area contributed by atoms with Crippen molar-refractivity contribution < 1.29 is 24.1 Å². The van der Waals surface area contributed by atoms with Crippen LogP contribution in [0.25, 0.3) is 22.3 Å². The number of nitrogens with zero attached hydrogens (tertiary/aromatic N) is 2. The molecule has 36 heavy (non-hydrogen) atoms. The number of nitro groups is 2. The molecule has 0 N–H and O–H groups in total. The smallest absolute Gasteiger partial charge is 0.394 e. The molecule has 9 nitrogen and oxygen atoms in total.